The Morgan fingerprint density at radius 1 is 1.28 bits per heavy atom. The van der Waals surface area contributed by atoms with E-state index >= 15 is 0 Å². The third-order valence-corrected chi connectivity index (χ3v) is 7.04. The van der Waals surface area contributed by atoms with Crippen LogP contribution in [0.2, 0.25) is 0 Å². The lowest BCUT2D eigenvalue weighted by Crippen LogP contribution is -2.41. The summed E-state index contributed by atoms with van der Waals surface area (Å²) >= 11 is 0. The number of pyridine rings is 1. The maximum absolute atomic E-state index is 13.6. The molecule has 3 aromatic rings. The molecule has 1 aliphatic rings. The highest BCUT2D eigenvalue weighted by atomic mass is 32.2. The SMILES string of the molecule is CCCN(C(=O)c1cc(-c2ccccc2)nc2onc(C)c12)[C@@H]1CCS(=O)(=O)C1. The molecule has 29 heavy (non-hydrogen) atoms. The van der Waals surface area contributed by atoms with Crippen LogP contribution in [0.3, 0.4) is 0 Å². The lowest BCUT2D eigenvalue weighted by molar-refractivity contribution is 0.0699. The summed E-state index contributed by atoms with van der Waals surface area (Å²) in [6.45, 7) is 4.25. The number of benzene rings is 1. The first kappa shape index (κ1) is 19.6. The molecule has 3 heterocycles. The van der Waals surface area contributed by atoms with Gasteiger partial charge >= 0.3 is 0 Å². The molecule has 0 saturated carbocycles. The van der Waals surface area contributed by atoms with E-state index < -0.39 is 9.84 Å². The van der Waals surface area contributed by atoms with Crippen molar-refractivity contribution in [3.8, 4) is 11.3 Å². The van der Waals surface area contributed by atoms with Crippen LogP contribution in [0.15, 0.2) is 40.9 Å². The molecule has 0 bridgehead atoms. The van der Waals surface area contributed by atoms with Crippen molar-refractivity contribution < 1.29 is 17.7 Å². The molecule has 1 aromatic carbocycles. The number of hydrogen-bond donors (Lipinski definition) is 0. The van der Waals surface area contributed by atoms with Gasteiger partial charge in [0.05, 0.1) is 33.8 Å². The maximum Gasteiger partial charge on any atom is 0.259 e. The predicted molar refractivity (Wildman–Crippen MR) is 110 cm³/mol. The Morgan fingerprint density at radius 2 is 2.03 bits per heavy atom. The van der Waals surface area contributed by atoms with Gasteiger partial charge in [-0.05, 0) is 25.8 Å². The van der Waals surface area contributed by atoms with Crippen molar-refractivity contribution >= 4 is 26.8 Å². The van der Waals surface area contributed by atoms with Crippen LogP contribution in [-0.2, 0) is 9.84 Å². The molecule has 7 nitrogen and oxygen atoms in total. The first-order valence-electron chi connectivity index (χ1n) is 9.73. The van der Waals surface area contributed by atoms with E-state index in [4.69, 9.17) is 4.52 Å². The lowest BCUT2D eigenvalue weighted by atomic mass is 10.0. The standard InChI is InChI=1S/C21H23N3O4S/c1-3-10-24(16-9-11-29(26,27)13-16)21(25)17-12-18(15-7-5-4-6-8-15)22-20-19(17)14(2)23-28-20/h4-8,12,16H,3,9-11,13H2,1-2H3/t16-/m1/s1. The van der Waals surface area contributed by atoms with Gasteiger partial charge in [0, 0.05) is 18.2 Å². The molecule has 1 aliphatic heterocycles. The van der Waals surface area contributed by atoms with E-state index in [1.165, 1.54) is 0 Å². The van der Waals surface area contributed by atoms with Gasteiger partial charge in [-0.2, -0.15) is 0 Å². The van der Waals surface area contributed by atoms with Crippen LogP contribution in [0.4, 0.5) is 0 Å². The Kier molecular flexibility index (Phi) is 5.12. The number of aromatic nitrogens is 2. The number of carbonyl (C=O) groups excluding carboxylic acids is 1. The second kappa shape index (κ2) is 7.59. The fourth-order valence-corrected chi connectivity index (χ4v) is 5.62. The number of sulfone groups is 1. The van der Waals surface area contributed by atoms with Crippen molar-refractivity contribution in [1.29, 1.82) is 0 Å². The summed E-state index contributed by atoms with van der Waals surface area (Å²) in [5, 5.41) is 4.58. The van der Waals surface area contributed by atoms with Crippen LogP contribution in [0, 0.1) is 6.92 Å². The monoisotopic (exact) mass is 413 g/mol. The number of carbonyl (C=O) groups is 1. The summed E-state index contributed by atoms with van der Waals surface area (Å²) in [4.78, 5) is 19.8. The van der Waals surface area contributed by atoms with Crippen LogP contribution in [0.5, 0.6) is 0 Å². The quantitative estimate of drug-likeness (QED) is 0.637. The second-order valence-electron chi connectivity index (χ2n) is 7.42. The third kappa shape index (κ3) is 3.76. The highest BCUT2D eigenvalue weighted by Gasteiger charge is 2.35. The Labute approximate surface area is 169 Å². The Hall–Kier alpha value is -2.74. The molecule has 4 rings (SSSR count). The number of aryl methyl sites for hydroxylation is 1. The third-order valence-electron chi connectivity index (χ3n) is 5.29. The van der Waals surface area contributed by atoms with Crippen molar-refractivity contribution in [2.24, 2.45) is 0 Å². The zero-order chi connectivity index (χ0) is 20.6. The van der Waals surface area contributed by atoms with E-state index in [0.29, 0.717) is 41.0 Å². The van der Waals surface area contributed by atoms with Crippen molar-refractivity contribution in [2.45, 2.75) is 32.7 Å². The molecule has 8 heteroatoms. The van der Waals surface area contributed by atoms with Gasteiger partial charge in [0.2, 0.25) is 0 Å². The van der Waals surface area contributed by atoms with Gasteiger partial charge < -0.3 is 9.42 Å². The zero-order valence-electron chi connectivity index (χ0n) is 16.5. The topological polar surface area (TPSA) is 93.4 Å². The van der Waals surface area contributed by atoms with Crippen LogP contribution in [0.25, 0.3) is 22.4 Å². The number of rotatable bonds is 5. The van der Waals surface area contributed by atoms with E-state index in [2.05, 4.69) is 10.1 Å². The maximum atomic E-state index is 13.6. The molecular formula is C21H23N3O4S. The van der Waals surface area contributed by atoms with Crippen molar-refractivity contribution in [3.05, 3.63) is 47.7 Å². The molecule has 0 aliphatic carbocycles. The number of nitrogens with zero attached hydrogens (tertiary/aromatic N) is 3. The van der Waals surface area contributed by atoms with Crippen LogP contribution in [-0.4, -0.2) is 53.5 Å². The van der Waals surface area contributed by atoms with Crippen LogP contribution in [0.1, 0.15) is 35.8 Å². The Morgan fingerprint density at radius 3 is 2.69 bits per heavy atom. The van der Waals surface area contributed by atoms with Gasteiger partial charge in [-0.3, -0.25) is 4.79 Å². The van der Waals surface area contributed by atoms with Gasteiger partial charge in [-0.1, -0.05) is 42.4 Å². The normalized spacial score (nSPS) is 18.2. The average Bonchev–Trinajstić information content (AvgIpc) is 3.27. The van der Waals surface area contributed by atoms with Crippen LogP contribution >= 0.6 is 0 Å². The van der Waals surface area contributed by atoms with E-state index in [1.807, 2.05) is 37.3 Å². The highest BCUT2D eigenvalue weighted by Crippen LogP contribution is 2.29. The Bertz CT molecular complexity index is 1160. The molecule has 1 fully saturated rings. The van der Waals surface area contributed by atoms with Gasteiger partial charge in [-0.15, -0.1) is 0 Å². The summed E-state index contributed by atoms with van der Waals surface area (Å²) in [6, 6.07) is 11.0. The largest absolute Gasteiger partial charge is 0.335 e. The summed E-state index contributed by atoms with van der Waals surface area (Å²) in [5.41, 5.74) is 2.83. The molecule has 0 unspecified atom stereocenters. The lowest BCUT2D eigenvalue weighted by Gasteiger charge is -2.28. The second-order valence-corrected chi connectivity index (χ2v) is 9.65. The van der Waals surface area contributed by atoms with Crippen molar-refractivity contribution in [3.63, 3.8) is 0 Å². The predicted octanol–water partition coefficient (Wildman–Crippen LogP) is 3.24. The smallest absolute Gasteiger partial charge is 0.259 e. The molecule has 1 amide bonds. The van der Waals surface area contributed by atoms with Gasteiger partial charge in [0.1, 0.15) is 0 Å². The van der Waals surface area contributed by atoms with E-state index in [0.717, 1.165) is 12.0 Å². The van der Waals surface area contributed by atoms with Gasteiger partial charge in [0.25, 0.3) is 11.6 Å². The van der Waals surface area contributed by atoms with Crippen molar-refractivity contribution in [2.75, 3.05) is 18.1 Å². The molecule has 0 spiro atoms. The molecular weight excluding hydrogens is 390 g/mol. The molecule has 0 radical (unpaired) electrons. The minimum atomic E-state index is -3.10. The first-order valence-corrected chi connectivity index (χ1v) is 11.6. The van der Waals surface area contributed by atoms with E-state index in [9.17, 15) is 13.2 Å². The first-order chi connectivity index (χ1) is 13.9. The average molecular weight is 413 g/mol. The molecule has 1 saturated heterocycles. The summed E-state index contributed by atoms with van der Waals surface area (Å²) < 4.78 is 29.4. The Balaban J connectivity index is 1.82. The van der Waals surface area contributed by atoms with Gasteiger partial charge in [-0.25, -0.2) is 13.4 Å². The van der Waals surface area contributed by atoms with Crippen molar-refractivity contribution in [1.82, 2.24) is 15.0 Å². The molecule has 2 aromatic heterocycles. The van der Waals surface area contributed by atoms with E-state index in [1.54, 1.807) is 17.9 Å². The molecule has 1 atom stereocenters. The summed E-state index contributed by atoms with van der Waals surface area (Å²) in [5.74, 6) is -0.0654. The van der Waals surface area contributed by atoms with Crippen LogP contribution < -0.4 is 0 Å². The number of amides is 1. The fourth-order valence-electron chi connectivity index (χ4n) is 3.89. The fraction of sp³-hybridized carbons (Fsp3) is 0.381. The molecule has 152 valence electrons. The zero-order valence-corrected chi connectivity index (χ0v) is 17.3. The summed E-state index contributed by atoms with van der Waals surface area (Å²) in [6.07, 6.45) is 1.21. The minimum Gasteiger partial charge on any atom is -0.335 e. The highest BCUT2D eigenvalue weighted by molar-refractivity contribution is 7.91. The van der Waals surface area contributed by atoms with E-state index in [-0.39, 0.29) is 23.5 Å². The summed E-state index contributed by atoms with van der Waals surface area (Å²) in [7, 11) is -3.10. The van der Waals surface area contributed by atoms with Gasteiger partial charge in [0.15, 0.2) is 9.84 Å². The minimum absolute atomic E-state index is 0.0150. The number of hydrogen-bond acceptors (Lipinski definition) is 6. The molecule has 0 N–H and O–H groups in total. The number of fused-ring (bicyclic) bond motifs is 1.